The van der Waals surface area contributed by atoms with E-state index in [1.165, 1.54) is 87.3 Å². The first-order chi connectivity index (χ1) is 24.3. The van der Waals surface area contributed by atoms with Crippen LogP contribution in [0.1, 0.15) is 66.3 Å². The molecule has 49 heavy (non-hydrogen) atoms. The maximum absolute atomic E-state index is 2.53. The monoisotopic (exact) mass is 628 g/mol. The van der Waals surface area contributed by atoms with Gasteiger partial charge in [0.1, 0.15) is 0 Å². The highest BCUT2D eigenvalue weighted by Gasteiger charge is 2.21. The average Bonchev–Trinajstić information content (AvgIpc) is 3.18. The van der Waals surface area contributed by atoms with Crippen LogP contribution < -0.4 is 20.9 Å². The van der Waals surface area contributed by atoms with Crippen molar-refractivity contribution >= 4 is 45.7 Å². The third kappa shape index (κ3) is 5.42. The van der Waals surface area contributed by atoms with Crippen molar-refractivity contribution in [1.82, 2.24) is 0 Å². The molecule has 0 nitrogen and oxygen atoms in total. The van der Waals surface area contributed by atoms with Gasteiger partial charge in [-0.2, -0.15) is 0 Å². The van der Waals surface area contributed by atoms with Gasteiger partial charge in [0.2, 0.25) is 0 Å². The SMILES string of the molecule is C1=C(c2ccccc2Cc2ccccc2-c2ccccc2)CCC(c2c3c(c(C4=c5ccccc5=CCC4)c4ccccc24)=CCCC=3)=C1. The first-order valence-corrected chi connectivity index (χ1v) is 18.0. The number of hydrogen-bond acceptors (Lipinski definition) is 0. The van der Waals surface area contributed by atoms with Crippen LogP contribution in [0, 0.1) is 0 Å². The summed E-state index contributed by atoms with van der Waals surface area (Å²) < 4.78 is 0. The smallest absolute Gasteiger partial charge is 0.00136 e. The molecule has 0 aliphatic heterocycles. The fourth-order valence-electron chi connectivity index (χ4n) is 8.58. The Kier molecular flexibility index (Phi) is 7.79. The fraction of sp³-hybridized carbons (Fsp3) is 0.143. The van der Waals surface area contributed by atoms with Crippen molar-refractivity contribution in [2.24, 2.45) is 0 Å². The van der Waals surface area contributed by atoms with E-state index in [2.05, 4.69) is 158 Å². The van der Waals surface area contributed by atoms with Gasteiger partial charge in [0, 0.05) is 0 Å². The van der Waals surface area contributed by atoms with Gasteiger partial charge in [-0.3, -0.25) is 0 Å². The van der Waals surface area contributed by atoms with Crippen molar-refractivity contribution in [3.63, 3.8) is 0 Å². The Morgan fingerprint density at radius 1 is 0.429 bits per heavy atom. The molecule has 0 heterocycles. The van der Waals surface area contributed by atoms with Crippen molar-refractivity contribution in [3.05, 3.63) is 188 Å². The van der Waals surface area contributed by atoms with E-state index in [0.717, 1.165) is 44.9 Å². The summed E-state index contributed by atoms with van der Waals surface area (Å²) in [6.45, 7) is 0. The van der Waals surface area contributed by atoms with Gasteiger partial charge < -0.3 is 0 Å². The molecule has 0 saturated carbocycles. The first-order valence-electron chi connectivity index (χ1n) is 18.0. The van der Waals surface area contributed by atoms with E-state index in [0.29, 0.717) is 0 Å². The summed E-state index contributed by atoms with van der Waals surface area (Å²) in [6.07, 6.45) is 19.7. The van der Waals surface area contributed by atoms with Crippen molar-refractivity contribution < 1.29 is 0 Å². The molecular weight excluding hydrogens is 589 g/mol. The van der Waals surface area contributed by atoms with Gasteiger partial charge >= 0.3 is 0 Å². The highest BCUT2D eigenvalue weighted by Crippen LogP contribution is 2.37. The predicted molar refractivity (Wildman–Crippen MR) is 210 cm³/mol. The number of hydrogen-bond donors (Lipinski definition) is 0. The van der Waals surface area contributed by atoms with E-state index in [-0.39, 0.29) is 0 Å². The third-order valence-electron chi connectivity index (χ3n) is 10.8. The second-order valence-electron chi connectivity index (χ2n) is 13.7. The lowest BCUT2D eigenvalue weighted by atomic mass is 9.80. The first kappa shape index (κ1) is 29.7. The molecule has 6 aromatic rings. The Morgan fingerprint density at radius 3 is 1.80 bits per heavy atom. The van der Waals surface area contributed by atoms with Crippen molar-refractivity contribution in [1.29, 1.82) is 0 Å². The molecule has 236 valence electrons. The maximum Gasteiger partial charge on any atom is -0.00136 e. The molecule has 0 spiro atoms. The van der Waals surface area contributed by atoms with E-state index in [4.69, 9.17) is 0 Å². The van der Waals surface area contributed by atoms with Crippen LogP contribution in [0.25, 0.3) is 56.8 Å². The largest absolute Gasteiger partial charge is 0.0763 e. The van der Waals surface area contributed by atoms with Crippen LogP contribution in [-0.2, 0) is 6.42 Å². The predicted octanol–water partition coefficient (Wildman–Crippen LogP) is 9.49. The summed E-state index contributed by atoms with van der Waals surface area (Å²) in [5.41, 5.74) is 14.1. The summed E-state index contributed by atoms with van der Waals surface area (Å²) in [5, 5.41) is 8.46. The van der Waals surface area contributed by atoms with Crippen LogP contribution >= 0.6 is 0 Å². The highest BCUT2D eigenvalue weighted by molar-refractivity contribution is 6.02. The normalized spacial score (nSPS) is 15.2. The molecule has 0 N–H and O–H groups in total. The molecule has 0 saturated heterocycles. The Morgan fingerprint density at radius 2 is 1.02 bits per heavy atom. The minimum Gasteiger partial charge on any atom is -0.0763 e. The van der Waals surface area contributed by atoms with Crippen LogP contribution in [0.15, 0.2) is 140 Å². The second kappa shape index (κ2) is 12.9. The Balaban J connectivity index is 1.16. The molecule has 0 bridgehead atoms. The molecule has 0 unspecified atom stereocenters. The number of allylic oxidation sites excluding steroid dienone is 4. The highest BCUT2D eigenvalue weighted by atomic mass is 14.2. The van der Waals surface area contributed by atoms with E-state index in [1.807, 2.05) is 0 Å². The van der Waals surface area contributed by atoms with Crippen LogP contribution in [0.2, 0.25) is 0 Å². The average molecular weight is 629 g/mol. The van der Waals surface area contributed by atoms with Gasteiger partial charge in [0.15, 0.2) is 0 Å². The second-order valence-corrected chi connectivity index (χ2v) is 13.7. The lowest BCUT2D eigenvalue weighted by Gasteiger charge is -2.23. The van der Waals surface area contributed by atoms with Gasteiger partial charge in [-0.1, -0.05) is 158 Å². The topological polar surface area (TPSA) is 0 Å². The van der Waals surface area contributed by atoms with Crippen molar-refractivity contribution in [2.75, 3.05) is 0 Å². The molecule has 0 radical (unpaired) electrons. The molecule has 6 aromatic carbocycles. The van der Waals surface area contributed by atoms with Crippen LogP contribution in [0.4, 0.5) is 0 Å². The van der Waals surface area contributed by atoms with E-state index in [9.17, 15) is 0 Å². The Bertz CT molecular complexity index is 2560. The van der Waals surface area contributed by atoms with Crippen LogP contribution in [0.3, 0.4) is 0 Å². The standard InChI is InChI=1S/C49H40/c1-2-15-34(16-3-1)40-21-7-5-18-38(40)33-39-19-6-8-22-41(39)36-29-31-37(32-30-36)48-44-24-10-12-26-46(44)49(47-27-13-11-25-45(47)48)43-28-14-20-35-17-4-9-23-42(35)43/h1-10,12,15-27,29,31H,11,13-14,28,30,32-33H2. The minimum absolute atomic E-state index is 0.916. The summed E-state index contributed by atoms with van der Waals surface area (Å²) >= 11 is 0. The van der Waals surface area contributed by atoms with Gasteiger partial charge in [0.25, 0.3) is 0 Å². The zero-order valence-corrected chi connectivity index (χ0v) is 28.0. The van der Waals surface area contributed by atoms with Crippen LogP contribution in [-0.4, -0.2) is 0 Å². The van der Waals surface area contributed by atoms with Crippen molar-refractivity contribution in [3.8, 4) is 11.1 Å². The van der Waals surface area contributed by atoms with Gasteiger partial charge in [-0.05, 0) is 132 Å². The molecule has 3 aliphatic carbocycles. The number of fused-ring (bicyclic) bond motifs is 3. The zero-order valence-electron chi connectivity index (χ0n) is 28.0. The summed E-state index contributed by atoms with van der Waals surface area (Å²) in [4.78, 5) is 0. The number of rotatable bonds is 6. The molecule has 0 heteroatoms. The molecule has 3 aliphatic rings. The minimum atomic E-state index is 0.916. The maximum atomic E-state index is 2.53. The van der Waals surface area contributed by atoms with Crippen molar-refractivity contribution in [2.45, 2.75) is 44.9 Å². The molecule has 0 amide bonds. The Labute approximate surface area is 289 Å². The lowest BCUT2D eigenvalue weighted by molar-refractivity contribution is 1.05. The quantitative estimate of drug-likeness (QED) is 0.172. The van der Waals surface area contributed by atoms with E-state index in [1.54, 1.807) is 0 Å². The van der Waals surface area contributed by atoms with E-state index >= 15 is 0 Å². The summed E-state index contributed by atoms with van der Waals surface area (Å²) in [6, 6.07) is 46.9. The zero-order chi connectivity index (χ0) is 32.6. The lowest BCUT2D eigenvalue weighted by Crippen LogP contribution is -2.37. The summed E-state index contributed by atoms with van der Waals surface area (Å²) in [5.74, 6) is 0. The molecule has 0 aromatic heterocycles. The molecule has 9 rings (SSSR count). The fourth-order valence-corrected chi connectivity index (χ4v) is 8.58. The third-order valence-corrected chi connectivity index (χ3v) is 10.8. The molecular formula is C49H40. The Hall–Kier alpha value is -5.46. The molecule has 0 atom stereocenters. The van der Waals surface area contributed by atoms with E-state index < -0.39 is 0 Å². The summed E-state index contributed by atoms with van der Waals surface area (Å²) in [7, 11) is 0. The molecule has 0 fully saturated rings. The van der Waals surface area contributed by atoms with Gasteiger partial charge in [0.05, 0.1) is 0 Å². The van der Waals surface area contributed by atoms with Gasteiger partial charge in [-0.15, -0.1) is 0 Å². The number of benzene rings is 6. The van der Waals surface area contributed by atoms with Gasteiger partial charge in [-0.25, -0.2) is 0 Å². The van der Waals surface area contributed by atoms with Crippen LogP contribution in [0.5, 0.6) is 0 Å².